The number of nitrogens with zero attached hydrogens (tertiary/aromatic N) is 3. The number of hydrogen-bond acceptors (Lipinski definition) is 6. The van der Waals surface area contributed by atoms with Gasteiger partial charge in [0.2, 0.25) is 0 Å². The van der Waals surface area contributed by atoms with Crippen LogP contribution < -0.4 is 10.2 Å². The average Bonchev–Trinajstić information content (AvgIpc) is 2.83. The smallest absolute Gasteiger partial charge is 0.191 e. The number of hydrogen-bond donors (Lipinski definition) is 1. The van der Waals surface area contributed by atoms with Crippen molar-refractivity contribution < 1.29 is 4.42 Å². The zero-order chi connectivity index (χ0) is 13.8. The Morgan fingerprint density at radius 3 is 2.74 bits per heavy atom. The Labute approximate surface area is 117 Å². The van der Waals surface area contributed by atoms with Gasteiger partial charge in [0, 0.05) is 20.2 Å². The molecule has 0 fully saturated rings. The number of aryl methyl sites for hydroxylation is 1. The third-order valence-corrected chi connectivity index (χ3v) is 3.26. The molecule has 0 aliphatic rings. The van der Waals surface area contributed by atoms with E-state index in [1.807, 2.05) is 50.4 Å². The van der Waals surface area contributed by atoms with E-state index < -0.39 is 0 Å². The summed E-state index contributed by atoms with van der Waals surface area (Å²) in [5.41, 5.74) is 0. The van der Waals surface area contributed by atoms with Crippen LogP contribution in [0.1, 0.15) is 11.5 Å². The van der Waals surface area contributed by atoms with E-state index in [2.05, 4.69) is 15.3 Å². The van der Waals surface area contributed by atoms with Crippen molar-refractivity contribution in [3.8, 4) is 0 Å². The molecule has 0 aliphatic carbocycles. The van der Waals surface area contributed by atoms with Gasteiger partial charge < -0.3 is 14.6 Å². The SMILES string of the molecule is CNc1cc(N(C)Cc2ccc(C)o2)nc(SC)n1. The Morgan fingerprint density at radius 1 is 1.37 bits per heavy atom. The van der Waals surface area contributed by atoms with Gasteiger partial charge in [-0.1, -0.05) is 11.8 Å². The number of furan rings is 1. The van der Waals surface area contributed by atoms with Crippen LogP contribution in [0, 0.1) is 6.92 Å². The topological polar surface area (TPSA) is 54.2 Å². The minimum absolute atomic E-state index is 0.682. The van der Waals surface area contributed by atoms with Crippen molar-refractivity contribution in [2.45, 2.75) is 18.6 Å². The predicted molar refractivity (Wildman–Crippen MR) is 78.9 cm³/mol. The molecule has 0 saturated carbocycles. The van der Waals surface area contributed by atoms with Crippen molar-refractivity contribution in [2.75, 3.05) is 30.6 Å². The van der Waals surface area contributed by atoms with Crippen LogP contribution in [0.4, 0.5) is 11.6 Å². The third kappa shape index (κ3) is 3.41. The van der Waals surface area contributed by atoms with Crippen molar-refractivity contribution in [1.29, 1.82) is 0 Å². The first-order valence-corrected chi connectivity index (χ1v) is 7.22. The van der Waals surface area contributed by atoms with Crippen LogP contribution in [-0.2, 0) is 6.54 Å². The lowest BCUT2D eigenvalue weighted by Crippen LogP contribution is -2.18. The molecule has 6 heteroatoms. The van der Waals surface area contributed by atoms with Crippen LogP contribution in [0.5, 0.6) is 0 Å². The highest BCUT2D eigenvalue weighted by atomic mass is 32.2. The van der Waals surface area contributed by atoms with Crippen molar-refractivity contribution in [3.63, 3.8) is 0 Å². The molecule has 0 bridgehead atoms. The maximum Gasteiger partial charge on any atom is 0.191 e. The van der Waals surface area contributed by atoms with E-state index in [1.165, 1.54) is 11.8 Å². The van der Waals surface area contributed by atoms with Crippen molar-refractivity contribution >= 4 is 23.4 Å². The number of nitrogens with one attached hydrogen (secondary N) is 1. The summed E-state index contributed by atoms with van der Waals surface area (Å²) in [6.07, 6.45) is 1.97. The molecule has 0 aliphatic heterocycles. The zero-order valence-corrected chi connectivity index (χ0v) is 12.4. The number of rotatable bonds is 5. The fraction of sp³-hybridized carbons (Fsp3) is 0.385. The fourth-order valence-electron chi connectivity index (χ4n) is 1.71. The molecule has 102 valence electrons. The van der Waals surface area contributed by atoms with Gasteiger partial charge in [0.1, 0.15) is 23.2 Å². The standard InChI is InChI=1S/C13H18N4OS/c1-9-5-6-10(18-9)8-17(3)12-7-11(14-2)15-13(16-12)19-4/h5-7H,8H2,1-4H3,(H,14,15,16). The Morgan fingerprint density at radius 2 is 2.16 bits per heavy atom. The van der Waals surface area contributed by atoms with Gasteiger partial charge >= 0.3 is 0 Å². The molecular weight excluding hydrogens is 260 g/mol. The summed E-state index contributed by atoms with van der Waals surface area (Å²) in [6.45, 7) is 2.63. The molecule has 0 radical (unpaired) electrons. The molecule has 0 saturated heterocycles. The molecule has 0 amide bonds. The van der Waals surface area contributed by atoms with Crippen LogP contribution in [0.3, 0.4) is 0 Å². The molecule has 0 spiro atoms. The summed E-state index contributed by atoms with van der Waals surface area (Å²) < 4.78 is 5.58. The van der Waals surface area contributed by atoms with E-state index >= 15 is 0 Å². The number of anilines is 2. The predicted octanol–water partition coefficient (Wildman–Crippen LogP) is 2.78. The van der Waals surface area contributed by atoms with Gasteiger partial charge in [0.15, 0.2) is 5.16 Å². The molecule has 2 rings (SSSR count). The van der Waals surface area contributed by atoms with Crippen LogP contribution >= 0.6 is 11.8 Å². The Kier molecular flexibility index (Phi) is 4.31. The Bertz CT molecular complexity index is 533. The van der Waals surface area contributed by atoms with E-state index in [0.29, 0.717) is 6.54 Å². The van der Waals surface area contributed by atoms with Gasteiger partial charge in [-0.2, -0.15) is 0 Å². The number of thioether (sulfide) groups is 1. The van der Waals surface area contributed by atoms with E-state index in [9.17, 15) is 0 Å². The zero-order valence-electron chi connectivity index (χ0n) is 11.6. The molecule has 0 atom stereocenters. The van der Waals surface area contributed by atoms with E-state index in [4.69, 9.17) is 4.42 Å². The third-order valence-electron chi connectivity index (χ3n) is 2.71. The molecule has 2 aromatic heterocycles. The summed E-state index contributed by atoms with van der Waals surface area (Å²) in [4.78, 5) is 10.9. The van der Waals surface area contributed by atoms with Crippen molar-refractivity contribution in [2.24, 2.45) is 0 Å². The van der Waals surface area contributed by atoms with Crippen molar-refractivity contribution in [1.82, 2.24) is 9.97 Å². The minimum Gasteiger partial charge on any atom is -0.464 e. The summed E-state index contributed by atoms with van der Waals surface area (Å²) in [6, 6.07) is 5.88. The summed E-state index contributed by atoms with van der Waals surface area (Å²) in [5.74, 6) is 3.54. The van der Waals surface area contributed by atoms with Crippen LogP contribution in [-0.4, -0.2) is 30.3 Å². The van der Waals surface area contributed by atoms with Gasteiger partial charge in [0.05, 0.1) is 6.54 Å². The minimum atomic E-state index is 0.682. The average molecular weight is 278 g/mol. The largest absolute Gasteiger partial charge is 0.464 e. The highest BCUT2D eigenvalue weighted by molar-refractivity contribution is 7.98. The first-order valence-electron chi connectivity index (χ1n) is 5.99. The molecule has 2 heterocycles. The van der Waals surface area contributed by atoms with E-state index in [-0.39, 0.29) is 0 Å². The van der Waals surface area contributed by atoms with E-state index in [1.54, 1.807) is 0 Å². The maximum atomic E-state index is 5.58. The second kappa shape index (κ2) is 5.97. The second-order valence-electron chi connectivity index (χ2n) is 4.22. The van der Waals surface area contributed by atoms with Crippen molar-refractivity contribution in [3.05, 3.63) is 29.7 Å². The summed E-state index contributed by atoms with van der Waals surface area (Å²) in [5, 5.41) is 3.80. The van der Waals surface area contributed by atoms with Gasteiger partial charge in [-0.15, -0.1) is 0 Å². The highest BCUT2D eigenvalue weighted by Gasteiger charge is 2.09. The highest BCUT2D eigenvalue weighted by Crippen LogP contribution is 2.21. The lowest BCUT2D eigenvalue weighted by Gasteiger charge is -2.18. The molecule has 2 aromatic rings. The van der Waals surface area contributed by atoms with Gasteiger partial charge in [-0.3, -0.25) is 0 Å². The molecule has 19 heavy (non-hydrogen) atoms. The summed E-state index contributed by atoms with van der Waals surface area (Å²) >= 11 is 1.53. The molecular formula is C13H18N4OS. The Balaban J connectivity index is 2.20. The first-order chi connectivity index (χ1) is 9.12. The Hall–Kier alpha value is -1.69. The molecule has 0 unspecified atom stereocenters. The fourth-order valence-corrected chi connectivity index (χ4v) is 2.09. The van der Waals surface area contributed by atoms with Gasteiger partial charge in [-0.25, -0.2) is 9.97 Å². The van der Waals surface area contributed by atoms with Gasteiger partial charge in [0.25, 0.3) is 0 Å². The summed E-state index contributed by atoms with van der Waals surface area (Å²) in [7, 11) is 3.84. The maximum absolute atomic E-state index is 5.58. The molecule has 1 N–H and O–H groups in total. The first kappa shape index (κ1) is 13.7. The quantitative estimate of drug-likeness (QED) is 0.670. The second-order valence-corrected chi connectivity index (χ2v) is 4.99. The van der Waals surface area contributed by atoms with E-state index in [0.717, 1.165) is 28.3 Å². The molecule has 0 aromatic carbocycles. The van der Waals surface area contributed by atoms with Crippen LogP contribution in [0.15, 0.2) is 27.8 Å². The normalized spacial score (nSPS) is 10.5. The van der Waals surface area contributed by atoms with Crippen LogP contribution in [0.25, 0.3) is 0 Å². The molecule has 5 nitrogen and oxygen atoms in total. The lowest BCUT2D eigenvalue weighted by atomic mass is 10.4. The lowest BCUT2D eigenvalue weighted by molar-refractivity contribution is 0.481. The number of aromatic nitrogens is 2. The van der Waals surface area contributed by atoms with Gasteiger partial charge in [-0.05, 0) is 25.3 Å². The van der Waals surface area contributed by atoms with Crippen LogP contribution in [0.2, 0.25) is 0 Å². The monoisotopic (exact) mass is 278 g/mol.